The highest BCUT2D eigenvalue weighted by Crippen LogP contribution is 2.23. The molecular formula is C23H22ClN5O4. The van der Waals surface area contributed by atoms with Crippen LogP contribution in [0.1, 0.15) is 16.1 Å². The van der Waals surface area contributed by atoms with Crippen LogP contribution in [0, 0.1) is 0 Å². The molecule has 1 aromatic heterocycles. The molecular weight excluding hydrogens is 446 g/mol. The summed E-state index contributed by atoms with van der Waals surface area (Å²) in [7, 11) is 0. The third-order valence-electron chi connectivity index (χ3n) is 5.05. The van der Waals surface area contributed by atoms with E-state index in [1.807, 2.05) is 0 Å². The van der Waals surface area contributed by atoms with Gasteiger partial charge in [-0.05, 0) is 48.5 Å². The van der Waals surface area contributed by atoms with Crippen LogP contribution < -0.4 is 10.8 Å². The zero-order chi connectivity index (χ0) is 23.2. The Morgan fingerprint density at radius 1 is 1.03 bits per heavy atom. The summed E-state index contributed by atoms with van der Waals surface area (Å²) in [5, 5.41) is 12.6. The summed E-state index contributed by atoms with van der Waals surface area (Å²) >= 11 is 5.97. The van der Waals surface area contributed by atoms with Gasteiger partial charge in [-0.2, -0.15) is 0 Å². The van der Waals surface area contributed by atoms with E-state index in [2.05, 4.69) is 15.3 Å². The molecule has 33 heavy (non-hydrogen) atoms. The van der Waals surface area contributed by atoms with Gasteiger partial charge in [0.25, 0.3) is 5.91 Å². The number of amides is 2. The fraction of sp³-hybridized carbons (Fsp3) is 0.217. The van der Waals surface area contributed by atoms with Gasteiger partial charge in [-0.15, -0.1) is 0 Å². The first-order valence-electron chi connectivity index (χ1n) is 10.3. The molecule has 2 heterocycles. The Morgan fingerprint density at radius 2 is 1.73 bits per heavy atom. The standard InChI is InChI=1S/C23H22ClN5O4/c24-17-5-1-15(2-6-17)22-26-19(14-21(30)28-32)13-20(27-22)25-18-7-3-16(4-8-18)23(31)29-9-11-33-12-10-29/h1-8,13,32H,9-12,14H2,(H,28,30)(H,25,26,27). The summed E-state index contributed by atoms with van der Waals surface area (Å²) in [4.78, 5) is 35.0. The minimum absolute atomic E-state index is 0.0331. The SMILES string of the molecule is O=C(Cc1cc(Nc2ccc(C(=O)N3CCOCC3)cc2)nc(-c2ccc(Cl)cc2)n1)NO. The van der Waals surface area contributed by atoms with Crippen LogP contribution in [0.5, 0.6) is 0 Å². The molecule has 0 bridgehead atoms. The molecule has 3 N–H and O–H groups in total. The summed E-state index contributed by atoms with van der Waals surface area (Å²) in [5.41, 5.74) is 4.06. The number of carbonyl (C=O) groups excluding carboxylic acids is 2. The largest absolute Gasteiger partial charge is 0.378 e. The number of ether oxygens (including phenoxy) is 1. The maximum Gasteiger partial charge on any atom is 0.254 e. The van der Waals surface area contributed by atoms with Crippen LogP contribution in [0.2, 0.25) is 5.02 Å². The van der Waals surface area contributed by atoms with E-state index in [4.69, 9.17) is 21.5 Å². The van der Waals surface area contributed by atoms with Gasteiger partial charge in [-0.3, -0.25) is 14.8 Å². The predicted molar refractivity (Wildman–Crippen MR) is 123 cm³/mol. The van der Waals surface area contributed by atoms with Gasteiger partial charge in [-0.1, -0.05) is 11.6 Å². The molecule has 10 heteroatoms. The average molecular weight is 468 g/mol. The van der Waals surface area contributed by atoms with E-state index in [9.17, 15) is 9.59 Å². The van der Waals surface area contributed by atoms with Crippen LogP contribution in [0.15, 0.2) is 54.6 Å². The number of benzene rings is 2. The molecule has 1 aliphatic heterocycles. The van der Waals surface area contributed by atoms with Gasteiger partial charge >= 0.3 is 0 Å². The second-order valence-corrected chi connectivity index (χ2v) is 7.83. The molecule has 0 aliphatic carbocycles. The van der Waals surface area contributed by atoms with Crippen LogP contribution in [-0.4, -0.2) is 58.2 Å². The molecule has 0 saturated carbocycles. The number of nitrogens with one attached hydrogen (secondary N) is 2. The summed E-state index contributed by atoms with van der Waals surface area (Å²) in [5.74, 6) is 0.237. The molecule has 9 nitrogen and oxygen atoms in total. The predicted octanol–water partition coefficient (Wildman–Crippen LogP) is 3.06. The van der Waals surface area contributed by atoms with E-state index in [0.29, 0.717) is 59.9 Å². The Bertz CT molecular complexity index is 1130. The molecule has 1 fully saturated rings. The van der Waals surface area contributed by atoms with Crippen molar-refractivity contribution in [3.8, 4) is 11.4 Å². The molecule has 3 aromatic rings. The van der Waals surface area contributed by atoms with Gasteiger partial charge in [0.05, 0.1) is 25.3 Å². The average Bonchev–Trinajstić information content (AvgIpc) is 2.85. The summed E-state index contributed by atoms with van der Waals surface area (Å²) in [6, 6.07) is 15.7. The molecule has 170 valence electrons. The number of morpholine rings is 1. The number of hydrogen-bond acceptors (Lipinski definition) is 7. The van der Waals surface area contributed by atoms with Gasteiger partial charge in [0.2, 0.25) is 5.91 Å². The molecule has 2 aromatic carbocycles. The lowest BCUT2D eigenvalue weighted by Crippen LogP contribution is -2.40. The molecule has 1 aliphatic rings. The van der Waals surface area contributed by atoms with E-state index in [1.165, 1.54) is 0 Å². The maximum atomic E-state index is 12.6. The number of hydroxylamine groups is 1. The number of aromatic nitrogens is 2. The molecule has 1 saturated heterocycles. The van der Waals surface area contributed by atoms with E-state index in [1.54, 1.807) is 65.0 Å². The molecule has 0 radical (unpaired) electrons. The van der Waals surface area contributed by atoms with Crippen molar-refractivity contribution in [2.45, 2.75) is 6.42 Å². The monoisotopic (exact) mass is 467 g/mol. The van der Waals surface area contributed by atoms with Gasteiger partial charge in [0.15, 0.2) is 5.82 Å². The third-order valence-corrected chi connectivity index (χ3v) is 5.30. The van der Waals surface area contributed by atoms with Gasteiger partial charge in [-0.25, -0.2) is 15.4 Å². The van der Waals surface area contributed by atoms with Crippen molar-refractivity contribution in [3.63, 3.8) is 0 Å². The minimum atomic E-state index is -0.590. The topological polar surface area (TPSA) is 117 Å². The summed E-state index contributed by atoms with van der Waals surface area (Å²) < 4.78 is 5.30. The minimum Gasteiger partial charge on any atom is -0.378 e. The fourth-order valence-corrected chi connectivity index (χ4v) is 3.50. The number of nitrogens with zero attached hydrogens (tertiary/aromatic N) is 3. The molecule has 2 amide bonds. The van der Waals surface area contributed by atoms with Crippen LogP contribution in [0.4, 0.5) is 11.5 Å². The Hall–Kier alpha value is -3.53. The fourth-order valence-electron chi connectivity index (χ4n) is 3.38. The van der Waals surface area contributed by atoms with Crippen LogP contribution >= 0.6 is 11.6 Å². The number of rotatable bonds is 6. The van der Waals surface area contributed by atoms with Crippen molar-refractivity contribution in [2.75, 3.05) is 31.6 Å². The van der Waals surface area contributed by atoms with E-state index in [0.717, 1.165) is 5.56 Å². The number of anilines is 2. The lowest BCUT2D eigenvalue weighted by molar-refractivity contribution is -0.128. The number of carbonyl (C=O) groups is 2. The zero-order valence-corrected chi connectivity index (χ0v) is 18.4. The van der Waals surface area contributed by atoms with Gasteiger partial charge in [0, 0.05) is 41.0 Å². The second-order valence-electron chi connectivity index (χ2n) is 7.39. The first-order chi connectivity index (χ1) is 16.0. The highest BCUT2D eigenvalue weighted by Gasteiger charge is 2.18. The first-order valence-corrected chi connectivity index (χ1v) is 10.7. The summed E-state index contributed by atoms with van der Waals surface area (Å²) in [6.45, 7) is 2.26. The van der Waals surface area contributed by atoms with Crippen LogP contribution in [0.3, 0.4) is 0 Å². The molecule has 4 rings (SSSR count). The first kappa shape index (κ1) is 22.7. The van der Waals surface area contributed by atoms with Crippen molar-refractivity contribution in [2.24, 2.45) is 0 Å². The van der Waals surface area contributed by atoms with Crippen molar-refractivity contribution < 1.29 is 19.5 Å². The maximum absolute atomic E-state index is 12.6. The van der Waals surface area contributed by atoms with E-state index in [-0.39, 0.29) is 12.3 Å². The Balaban J connectivity index is 1.56. The van der Waals surface area contributed by atoms with Gasteiger partial charge < -0.3 is 15.0 Å². The lowest BCUT2D eigenvalue weighted by atomic mass is 10.1. The molecule has 0 unspecified atom stereocenters. The highest BCUT2D eigenvalue weighted by atomic mass is 35.5. The Labute approximate surface area is 195 Å². The smallest absolute Gasteiger partial charge is 0.254 e. The quantitative estimate of drug-likeness (QED) is 0.377. The van der Waals surface area contributed by atoms with Crippen LogP contribution in [-0.2, 0) is 16.0 Å². The van der Waals surface area contributed by atoms with Crippen molar-refractivity contribution in [1.29, 1.82) is 0 Å². The van der Waals surface area contributed by atoms with Crippen molar-refractivity contribution in [1.82, 2.24) is 20.3 Å². The molecule has 0 spiro atoms. The van der Waals surface area contributed by atoms with Crippen LogP contribution in [0.25, 0.3) is 11.4 Å². The second kappa shape index (κ2) is 10.4. The number of halogens is 1. The van der Waals surface area contributed by atoms with Crippen molar-refractivity contribution in [3.05, 3.63) is 70.9 Å². The lowest BCUT2D eigenvalue weighted by Gasteiger charge is -2.26. The third kappa shape index (κ3) is 5.83. The van der Waals surface area contributed by atoms with Gasteiger partial charge in [0.1, 0.15) is 5.82 Å². The highest BCUT2D eigenvalue weighted by molar-refractivity contribution is 6.30. The normalized spacial score (nSPS) is 13.5. The summed E-state index contributed by atoms with van der Waals surface area (Å²) in [6.07, 6.45) is -0.124. The van der Waals surface area contributed by atoms with E-state index >= 15 is 0 Å². The number of hydrogen-bond donors (Lipinski definition) is 3. The Morgan fingerprint density at radius 3 is 2.39 bits per heavy atom. The Kier molecular flexibility index (Phi) is 7.13. The molecule has 0 atom stereocenters. The zero-order valence-electron chi connectivity index (χ0n) is 17.6. The van der Waals surface area contributed by atoms with E-state index < -0.39 is 5.91 Å². The van der Waals surface area contributed by atoms with Crippen molar-refractivity contribution >= 4 is 34.9 Å².